The van der Waals surface area contributed by atoms with Gasteiger partial charge in [-0.2, -0.15) is 0 Å². The second-order valence-electron chi connectivity index (χ2n) is 4.09. The zero-order valence-corrected chi connectivity index (χ0v) is 10.9. The Morgan fingerprint density at radius 2 is 2.18 bits per heavy atom. The van der Waals surface area contributed by atoms with Crippen LogP contribution in [-0.4, -0.2) is 15.3 Å². The second-order valence-corrected chi connectivity index (χ2v) is 5.08. The first-order valence-electron chi connectivity index (χ1n) is 5.59. The summed E-state index contributed by atoms with van der Waals surface area (Å²) in [6, 6.07) is 8.32. The number of rotatable bonds is 4. The minimum Gasteiger partial charge on any atom is -0.329 e. The lowest BCUT2D eigenvalue weighted by atomic mass is 10.0. The van der Waals surface area contributed by atoms with Gasteiger partial charge in [0.25, 0.3) is 0 Å². The summed E-state index contributed by atoms with van der Waals surface area (Å²) in [6.45, 7) is 2.10. The van der Waals surface area contributed by atoms with Crippen molar-refractivity contribution >= 4 is 11.8 Å². The van der Waals surface area contributed by atoms with Crippen molar-refractivity contribution in [1.29, 1.82) is 0 Å². The van der Waals surface area contributed by atoms with Crippen LogP contribution in [0.15, 0.2) is 41.8 Å². The third-order valence-corrected chi connectivity index (χ3v) is 3.93. The first-order chi connectivity index (χ1) is 8.18. The van der Waals surface area contributed by atoms with Crippen molar-refractivity contribution in [3.05, 3.63) is 47.8 Å². The molecular weight excluding hydrogens is 230 g/mol. The molecule has 0 saturated carbocycles. The Labute approximate surface area is 106 Å². The van der Waals surface area contributed by atoms with E-state index in [1.165, 1.54) is 11.1 Å². The second kappa shape index (κ2) is 5.38. The highest BCUT2D eigenvalue weighted by Gasteiger charge is 2.10. The normalized spacial score (nSPS) is 12.6. The van der Waals surface area contributed by atoms with Crippen molar-refractivity contribution in [2.45, 2.75) is 18.1 Å². The highest BCUT2D eigenvalue weighted by atomic mass is 32.2. The van der Waals surface area contributed by atoms with E-state index in [1.54, 1.807) is 11.8 Å². The monoisotopic (exact) mass is 247 g/mol. The van der Waals surface area contributed by atoms with Gasteiger partial charge in [0.2, 0.25) is 0 Å². The molecule has 1 aromatic heterocycles. The average molecular weight is 247 g/mol. The molecule has 1 aromatic carbocycles. The number of hydrogen-bond acceptors (Lipinski definition) is 3. The number of hydrogen-bond donors (Lipinski definition) is 1. The molecule has 0 bridgehead atoms. The highest BCUT2D eigenvalue weighted by molar-refractivity contribution is 7.99. The number of aromatic nitrogens is 2. The van der Waals surface area contributed by atoms with E-state index in [0.717, 1.165) is 10.9 Å². The third-order valence-electron chi connectivity index (χ3n) is 2.76. The van der Waals surface area contributed by atoms with E-state index < -0.39 is 0 Å². The van der Waals surface area contributed by atoms with E-state index in [9.17, 15) is 0 Å². The van der Waals surface area contributed by atoms with Gasteiger partial charge in [0.05, 0.1) is 0 Å². The number of benzene rings is 1. The predicted octanol–water partition coefficient (Wildman–Crippen LogP) is 2.52. The topological polar surface area (TPSA) is 43.8 Å². The van der Waals surface area contributed by atoms with Crippen LogP contribution in [0.2, 0.25) is 0 Å². The molecule has 0 radical (unpaired) electrons. The van der Waals surface area contributed by atoms with Gasteiger partial charge in [-0.05, 0) is 18.1 Å². The Bertz CT molecular complexity index is 493. The molecule has 1 unspecified atom stereocenters. The predicted molar refractivity (Wildman–Crippen MR) is 72.0 cm³/mol. The van der Waals surface area contributed by atoms with Crippen LogP contribution in [0.1, 0.15) is 17.2 Å². The minimum atomic E-state index is 0.0536. The Hall–Kier alpha value is -1.26. The Morgan fingerprint density at radius 3 is 2.82 bits per heavy atom. The molecule has 2 N–H and O–H groups in total. The van der Waals surface area contributed by atoms with E-state index in [-0.39, 0.29) is 6.04 Å². The van der Waals surface area contributed by atoms with Crippen LogP contribution in [0.4, 0.5) is 0 Å². The van der Waals surface area contributed by atoms with Gasteiger partial charge in [-0.15, -0.1) is 0 Å². The molecule has 0 fully saturated rings. The van der Waals surface area contributed by atoms with Gasteiger partial charge in [-0.25, -0.2) is 4.98 Å². The molecule has 0 spiro atoms. The lowest BCUT2D eigenvalue weighted by Crippen LogP contribution is -2.14. The summed E-state index contributed by atoms with van der Waals surface area (Å²) in [7, 11) is 1.99. The van der Waals surface area contributed by atoms with Crippen molar-refractivity contribution < 1.29 is 0 Å². The lowest BCUT2D eigenvalue weighted by Gasteiger charge is -2.13. The van der Waals surface area contributed by atoms with Gasteiger partial charge in [0.15, 0.2) is 5.16 Å². The molecule has 0 aliphatic rings. The molecule has 0 aliphatic carbocycles. The molecule has 4 heteroatoms. The van der Waals surface area contributed by atoms with Crippen molar-refractivity contribution in [3.63, 3.8) is 0 Å². The van der Waals surface area contributed by atoms with Gasteiger partial charge in [-0.1, -0.05) is 36.0 Å². The van der Waals surface area contributed by atoms with E-state index in [0.29, 0.717) is 0 Å². The molecule has 0 saturated heterocycles. The fraction of sp³-hybridized carbons (Fsp3) is 0.308. The third kappa shape index (κ3) is 2.90. The van der Waals surface area contributed by atoms with Crippen LogP contribution in [0.5, 0.6) is 0 Å². The quantitative estimate of drug-likeness (QED) is 0.844. The standard InChI is InChI=1S/C13H17N3S/c1-10-5-3-4-6-11(10)12(14)9-17-13-15-7-8-16(13)2/h3-8,12H,9,14H2,1-2H3. The summed E-state index contributed by atoms with van der Waals surface area (Å²) in [5.41, 5.74) is 8.67. The molecule has 1 atom stereocenters. The van der Waals surface area contributed by atoms with Gasteiger partial charge in [0, 0.05) is 31.2 Å². The number of nitrogens with zero attached hydrogens (tertiary/aromatic N) is 2. The summed E-state index contributed by atoms with van der Waals surface area (Å²) in [5.74, 6) is 0.843. The molecule has 90 valence electrons. The first kappa shape index (κ1) is 12.2. The molecule has 2 aromatic rings. The van der Waals surface area contributed by atoms with Crippen LogP contribution in [0.25, 0.3) is 0 Å². The highest BCUT2D eigenvalue weighted by Crippen LogP contribution is 2.23. The zero-order valence-electron chi connectivity index (χ0n) is 10.1. The largest absolute Gasteiger partial charge is 0.329 e. The molecule has 0 amide bonds. The van der Waals surface area contributed by atoms with E-state index in [4.69, 9.17) is 5.73 Å². The molecule has 17 heavy (non-hydrogen) atoms. The Kier molecular flexibility index (Phi) is 3.86. The smallest absolute Gasteiger partial charge is 0.167 e. The minimum absolute atomic E-state index is 0.0536. The van der Waals surface area contributed by atoms with Crippen molar-refractivity contribution in [3.8, 4) is 0 Å². The van der Waals surface area contributed by atoms with Gasteiger partial charge >= 0.3 is 0 Å². The molecule has 1 heterocycles. The van der Waals surface area contributed by atoms with Crippen molar-refractivity contribution in [1.82, 2.24) is 9.55 Å². The fourth-order valence-electron chi connectivity index (χ4n) is 1.75. The summed E-state index contributed by atoms with van der Waals surface area (Å²) < 4.78 is 2.01. The van der Waals surface area contributed by atoms with Crippen LogP contribution in [0, 0.1) is 6.92 Å². The van der Waals surface area contributed by atoms with Crippen LogP contribution in [-0.2, 0) is 7.05 Å². The average Bonchev–Trinajstić information content (AvgIpc) is 2.72. The van der Waals surface area contributed by atoms with Crippen molar-refractivity contribution in [2.24, 2.45) is 12.8 Å². The number of aryl methyl sites for hydroxylation is 2. The summed E-state index contributed by atoms with van der Waals surface area (Å²) in [5, 5.41) is 1.01. The number of imidazole rings is 1. The maximum atomic E-state index is 6.20. The lowest BCUT2D eigenvalue weighted by molar-refractivity contribution is 0.778. The number of nitrogens with two attached hydrogens (primary N) is 1. The van der Waals surface area contributed by atoms with Crippen LogP contribution in [0.3, 0.4) is 0 Å². The van der Waals surface area contributed by atoms with Crippen LogP contribution >= 0.6 is 11.8 Å². The van der Waals surface area contributed by atoms with E-state index in [1.807, 2.05) is 36.1 Å². The molecular formula is C13H17N3S. The van der Waals surface area contributed by atoms with Gasteiger partial charge in [-0.3, -0.25) is 0 Å². The Balaban J connectivity index is 2.01. The summed E-state index contributed by atoms with van der Waals surface area (Å²) >= 11 is 1.69. The van der Waals surface area contributed by atoms with Gasteiger partial charge in [0.1, 0.15) is 0 Å². The zero-order chi connectivity index (χ0) is 12.3. The molecule has 3 nitrogen and oxygen atoms in total. The van der Waals surface area contributed by atoms with Crippen LogP contribution < -0.4 is 5.73 Å². The summed E-state index contributed by atoms with van der Waals surface area (Å²) in [4.78, 5) is 4.27. The maximum Gasteiger partial charge on any atom is 0.167 e. The first-order valence-corrected chi connectivity index (χ1v) is 6.58. The molecule has 2 rings (SSSR count). The SMILES string of the molecule is Cc1ccccc1C(N)CSc1nccn1C. The van der Waals surface area contributed by atoms with E-state index in [2.05, 4.69) is 24.0 Å². The molecule has 0 aliphatic heterocycles. The Morgan fingerprint density at radius 1 is 1.41 bits per heavy atom. The summed E-state index contributed by atoms with van der Waals surface area (Å²) in [6.07, 6.45) is 3.75. The van der Waals surface area contributed by atoms with Crippen molar-refractivity contribution in [2.75, 3.05) is 5.75 Å². The van der Waals surface area contributed by atoms with E-state index >= 15 is 0 Å². The number of thioether (sulfide) groups is 1. The maximum absolute atomic E-state index is 6.20. The van der Waals surface area contributed by atoms with Gasteiger partial charge < -0.3 is 10.3 Å². The fourth-order valence-corrected chi connectivity index (χ4v) is 2.66.